The lowest BCUT2D eigenvalue weighted by atomic mass is 10.00. The van der Waals surface area contributed by atoms with Crippen LogP contribution in [0.5, 0.6) is 0 Å². The minimum absolute atomic E-state index is 0.390. The molecule has 1 aliphatic rings. The van der Waals surface area contributed by atoms with Gasteiger partial charge in [0.1, 0.15) is 0 Å². The quantitative estimate of drug-likeness (QED) is 0.888. The highest BCUT2D eigenvalue weighted by Gasteiger charge is 2.28. The van der Waals surface area contributed by atoms with Gasteiger partial charge < -0.3 is 10.2 Å². The Labute approximate surface area is 135 Å². The second-order valence-corrected chi connectivity index (χ2v) is 6.39. The molecule has 1 heterocycles. The average Bonchev–Trinajstić information content (AvgIpc) is 2.55. The van der Waals surface area contributed by atoms with Crippen LogP contribution in [-0.4, -0.2) is 19.1 Å². The topological polar surface area (TPSA) is 15.3 Å². The van der Waals surface area contributed by atoms with E-state index in [0.29, 0.717) is 12.1 Å². The molecule has 3 heteroatoms. The molecule has 2 aromatic carbocycles. The number of hydrogen-bond acceptors (Lipinski definition) is 2. The maximum absolute atomic E-state index is 3.70. The summed E-state index contributed by atoms with van der Waals surface area (Å²) in [6, 6.07) is 20.2. The predicted octanol–water partition coefficient (Wildman–Crippen LogP) is 4.38. The number of nitrogens with one attached hydrogen (secondary N) is 1. The maximum atomic E-state index is 3.70. The fraction of sp³-hybridized carbons (Fsp3) is 0.333. The lowest BCUT2D eigenvalue weighted by Gasteiger charge is -2.42. The highest BCUT2D eigenvalue weighted by atomic mass is 79.9. The summed E-state index contributed by atoms with van der Waals surface area (Å²) in [6.45, 7) is 4.29. The van der Waals surface area contributed by atoms with Gasteiger partial charge in [-0.05, 0) is 40.0 Å². The van der Waals surface area contributed by atoms with E-state index in [4.69, 9.17) is 0 Å². The van der Waals surface area contributed by atoms with Crippen molar-refractivity contribution >= 4 is 21.6 Å². The summed E-state index contributed by atoms with van der Waals surface area (Å²) >= 11 is 3.70. The molecule has 2 atom stereocenters. The molecular weight excluding hydrogens is 324 g/mol. The van der Waals surface area contributed by atoms with Crippen LogP contribution in [0.1, 0.15) is 24.9 Å². The van der Waals surface area contributed by atoms with E-state index >= 15 is 0 Å². The van der Waals surface area contributed by atoms with Crippen molar-refractivity contribution in [1.29, 1.82) is 0 Å². The van der Waals surface area contributed by atoms with Crippen LogP contribution in [0, 0.1) is 0 Å². The highest BCUT2D eigenvalue weighted by Crippen LogP contribution is 2.32. The Balaban J connectivity index is 1.88. The molecule has 0 bridgehead atoms. The molecule has 21 heavy (non-hydrogen) atoms. The third kappa shape index (κ3) is 3.14. The number of nitrogens with zero attached hydrogens (tertiary/aromatic N) is 1. The van der Waals surface area contributed by atoms with Gasteiger partial charge in [-0.2, -0.15) is 0 Å². The second-order valence-electron chi connectivity index (χ2n) is 5.54. The molecule has 1 aliphatic heterocycles. The highest BCUT2D eigenvalue weighted by molar-refractivity contribution is 9.10. The minimum atomic E-state index is 0.390. The molecule has 0 aliphatic carbocycles. The van der Waals surface area contributed by atoms with E-state index in [2.05, 4.69) is 87.7 Å². The SMILES string of the molecule is CCC1CNC(c2ccccc2)CN1c1ccccc1Br. The molecule has 1 fully saturated rings. The smallest absolute Gasteiger partial charge is 0.0514 e. The number of benzene rings is 2. The molecule has 0 aromatic heterocycles. The summed E-state index contributed by atoms with van der Waals surface area (Å²) in [5, 5.41) is 3.70. The van der Waals surface area contributed by atoms with E-state index in [-0.39, 0.29) is 0 Å². The first kappa shape index (κ1) is 14.6. The second kappa shape index (κ2) is 6.63. The van der Waals surface area contributed by atoms with Gasteiger partial charge in [0, 0.05) is 29.6 Å². The molecule has 0 saturated carbocycles. The van der Waals surface area contributed by atoms with Crippen molar-refractivity contribution in [2.45, 2.75) is 25.4 Å². The van der Waals surface area contributed by atoms with Crippen LogP contribution in [0.15, 0.2) is 59.1 Å². The van der Waals surface area contributed by atoms with Crippen LogP contribution in [0.3, 0.4) is 0 Å². The van der Waals surface area contributed by atoms with Crippen molar-refractivity contribution in [2.24, 2.45) is 0 Å². The monoisotopic (exact) mass is 344 g/mol. The molecule has 110 valence electrons. The van der Waals surface area contributed by atoms with E-state index in [1.165, 1.54) is 15.7 Å². The minimum Gasteiger partial charge on any atom is -0.364 e. The molecule has 0 spiro atoms. The molecule has 0 radical (unpaired) electrons. The van der Waals surface area contributed by atoms with Gasteiger partial charge in [0.05, 0.1) is 5.69 Å². The van der Waals surface area contributed by atoms with Crippen molar-refractivity contribution in [3.05, 3.63) is 64.6 Å². The normalized spacial score (nSPS) is 22.3. The van der Waals surface area contributed by atoms with Crippen LogP contribution in [0.4, 0.5) is 5.69 Å². The Morgan fingerprint density at radius 3 is 2.52 bits per heavy atom. The fourth-order valence-electron chi connectivity index (χ4n) is 3.05. The molecule has 3 rings (SSSR count). The molecule has 2 aromatic rings. The number of anilines is 1. The predicted molar refractivity (Wildman–Crippen MR) is 92.8 cm³/mol. The van der Waals surface area contributed by atoms with Crippen LogP contribution < -0.4 is 10.2 Å². The van der Waals surface area contributed by atoms with Gasteiger partial charge in [0.2, 0.25) is 0 Å². The van der Waals surface area contributed by atoms with E-state index in [1.54, 1.807) is 0 Å². The Morgan fingerprint density at radius 1 is 1.10 bits per heavy atom. The van der Waals surface area contributed by atoms with Gasteiger partial charge in [-0.25, -0.2) is 0 Å². The standard InChI is InChI=1S/C18H21BrN2/c1-2-15-12-20-17(14-8-4-3-5-9-14)13-21(15)18-11-7-6-10-16(18)19/h3-11,15,17,20H,2,12-13H2,1H3. The molecular formula is C18H21BrN2. The number of halogens is 1. The van der Waals surface area contributed by atoms with Gasteiger partial charge in [-0.1, -0.05) is 49.4 Å². The maximum Gasteiger partial charge on any atom is 0.0514 e. The van der Waals surface area contributed by atoms with Crippen LogP contribution >= 0.6 is 15.9 Å². The van der Waals surface area contributed by atoms with Crippen molar-refractivity contribution in [3.63, 3.8) is 0 Å². The molecule has 2 unspecified atom stereocenters. The number of hydrogen-bond donors (Lipinski definition) is 1. The first-order valence-electron chi connectivity index (χ1n) is 7.59. The van der Waals surface area contributed by atoms with Gasteiger partial charge in [-0.15, -0.1) is 0 Å². The summed E-state index contributed by atoms with van der Waals surface area (Å²) in [7, 11) is 0. The zero-order valence-electron chi connectivity index (χ0n) is 12.3. The average molecular weight is 345 g/mol. The first-order valence-corrected chi connectivity index (χ1v) is 8.38. The molecule has 1 saturated heterocycles. The van der Waals surface area contributed by atoms with Crippen molar-refractivity contribution in [3.8, 4) is 0 Å². The number of piperazine rings is 1. The summed E-state index contributed by atoms with van der Waals surface area (Å²) in [4.78, 5) is 2.54. The number of rotatable bonds is 3. The lowest BCUT2D eigenvalue weighted by Crippen LogP contribution is -2.52. The molecule has 1 N–H and O–H groups in total. The summed E-state index contributed by atoms with van der Waals surface area (Å²) < 4.78 is 1.18. The van der Waals surface area contributed by atoms with Crippen LogP contribution in [0.2, 0.25) is 0 Å². The van der Waals surface area contributed by atoms with Crippen LogP contribution in [-0.2, 0) is 0 Å². The Hall–Kier alpha value is -1.32. The summed E-state index contributed by atoms with van der Waals surface area (Å²) in [6.07, 6.45) is 1.15. The van der Waals surface area contributed by atoms with Gasteiger partial charge >= 0.3 is 0 Å². The zero-order valence-corrected chi connectivity index (χ0v) is 13.9. The Kier molecular flexibility index (Phi) is 4.61. The molecule has 2 nitrogen and oxygen atoms in total. The van der Waals surface area contributed by atoms with Crippen LogP contribution in [0.25, 0.3) is 0 Å². The summed E-state index contributed by atoms with van der Waals surface area (Å²) in [5.74, 6) is 0. The summed E-state index contributed by atoms with van der Waals surface area (Å²) in [5.41, 5.74) is 2.66. The van der Waals surface area contributed by atoms with Crippen molar-refractivity contribution in [2.75, 3.05) is 18.0 Å². The van der Waals surface area contributed by atoms with E-state index in [9.17, 15) is 0 Å². The van der Waals surface area contributed by atoms with E-state index < -0.39 is 0 Å². The third-order valence-corrected chi connectivity index (χ3v) is 4.93. The van der Waals surface area contributed by atoms with Gasteiger partial charge in [0.15, 0.2) is 0 Å². The largest absolute Gasteiger partial charge is 0.364 e. The fourth-order valence-corrected chi connectivity index (χ4v) is 3.56. The Morgan fingerprint density at radius 2 is 1.81 bits per heavy atom. The van der Waals surface area contributed by atoms with Gasteiger partial charge in [0.25, 0.3) is 0 Å². The number of para-hydroxylation sites is 1. The Bertz CT molecular complexity index is 585. The van der Waals surface area contributed by atoms with Gasteiger partial charge in [-0.3, -0.25) is 0 Å². The third-order valence-electron chi connectivity index (χ3n) is 4.25. The first-order chi connectivity index (χ1) is 10.3. The zero-order chi connectivity index (χ0) is 14.7. The van der Waals surface area contributed by atoms with E-state index in [0.717, 1.165) is 19.5 Å². The molecule has 0 amide bonds. The van der Waals surface area contributed by atoms with Crippen molar-refractivity contribution in [1.82, 2.24) is 5.32 Å². The van der Waals surface area contributed by atoms with Crippen molar-refractivity contribution < 1.29 is 0 Å². The lowest BCUT2D eigenvalue weighted by molar-refractivity contribution is 0.392. The van der Waals surface area contributed by atoms with E-state index in [1.807, 2.05) is 0 Å².